The number of imide groups is 1. The van der Waals surface area contributed by atoms with Crippen LogP contribution in [0.25, 0.3) is 5.57 Å². The molecule has 4 bridgehead atoms. The highest BCUT2D eigenvalue weighted by Crippen LogP contribution is 2.51. The van der Waals surface area contributed by atoms with Crippen molar-refractivity contribution in [3.63, 3.8) is 0 Å². The van der Waals surface area contributed by atoms with Gasteiger partial charge in [-0.3, -0.25) is 14.5 Å². The molecule has 0 unspecified atom stereocenters. The maximum absolute atomic E-state index is 12.9. The lowest BCUT2D eigenvalue weighted by Gasteiger charge is -2.25. The molecule has 2 amide bonds. The molecule has 0 saturated carbocycles. The molecule has 1 saturated heterocycles. The number of fused-ring (bicyclic) bond motifs is 2. The lowest BCUT2D eigenvalue weighted by atomic mass is 9.76. The third-order valence-electron chi connectivity index (χ3n) is 7.67. The number of likely N-dealkylation sites (tertiary alicyclic amines) is 1. The van der Waals surface area contributed by atoms with Crippen molar-refractivity contribution in [1.82, 2.24) is 4.90 Å². The largest absolute Gasteiger partial charge is 0.285 e. The molecule has 6 aliphatic carbocycles. The molecule has 29 heavy (non-hydrogen) atoms. The summed E-state index contributed by atoms with van der Waals surface area (Å²) in [6, 6.07) is 13.8. The van der Waals surface area contributed by atoms with Crippen molar-refractivity contribution in [2.45, 2.75) is 44.9 Å². The van der Waals surface area contributed by atoms with Crippen molar-refractivity contribution < 1.29 is 9.59 Å². The van der Waals surface area contributed by atoms with E-state index >= 15 is 0 Å². The van der Waals surface area contributed by atoms with E-state index in [2.05, 4.69) is 36.4 Å². The van der Waals surface area contributed by atoms with Crippen LogP contribution in [0, 0.1) is 11.8 Å². The third kappa shape index (κ3) is 2.43. The van der Waals surface area contributed by atoms with E-state index in [1.165, 1.54) is 49.4 Å². The zero-order chi connectivity index (χ0) is 19.7. The van der Waals surface area contributed by atoms with Gasteiger partial charge >= 0.3 is 0 Å². The van der Waals surface area contributed by atoms with Crippen molar-refractivity contribution in [1.29, 1.82) is 0 Å². The van der Waals surface area contributed by atoms with E-state index in [0.29, 0.717) is 0 Å². The number of amides is 2. The molecule has 0 N–H and O–H groups in total. The molecule has 1 aliphatic heterocycles. The molecule has 3 heteroatoms. The standard InChI is InChI=1S/C26H25NO2/c1-27-25(28)20-13-12-19-22(24(20)26(27)29)14-21-17-8-6-15-2-4-16(5-3-15)7-9-18(11-10-17)23(19)21/h2-5,10-11,20,24H,6-9,12-14H2,1H3/t20-,24-/m0/s1. The molecule has 2 aromatic rings. The van der Waals surface area contributed by atoms with Crippen LogP contribution in [0.1, 0.15) is 46.2 Å². The van der Waals surface area contributed by atoms with Crippen LogP contribution in [0.5, 0.6) is 0 Å². The minimum Gasteiger partial charge on any atom is -0.285 e. The van der Waals surface area contributed by atoms with E-state index < -0.39 is 0 Å². The van der Waals surface area contributed by atoms with Crippen molar-refractivity contribution in [3.8, 4) is 0 Å². The Balaban J connectivity index is 1.47. The number of nitrogens with zero attached hydrogens (tertiary/aromatic N) is 1. The van der Waals surface area contributed by atoms with Crippen molar-refractivity contribution in [3.05, 3.63) is 75.4 Å². The molecule has 146 valence electrons. The summed E-state index contributed by atoms with van der Waals surface area (Å²) < 4.78 is 0. The third-order valence-corrected chi connectivity index (χ3v) is 7.67. The highest BCUT2D eigenvalue weighted by molar-refractivity contribution is 6.08. The van der Waals surface area contributed by atoms with Crippen LogP contribution in [0.15, 0.2) is 42.0 Å². The van der Waals surface area contributed by atoms with E-state index in [9.17, 15) is 9.59 Å². The van der Waals surface area contributed by atoms with Gasteiger partial charge < -0.3 is 0 Å². The van der Waals surface area contributed by atoms with Gasteiger partial charge in [-0.15, -0.1) is 0 Å². The molecule has 3 nitrogen and oxygen atoms in total. The normalized spacial score (nSPS) is 25.1. The molecule has 2 aromatic carbocycles. The molecule has 1 heterocycles. The van der Waals surface area contributed by atoms with Crippen molar-refractivity contribution >= 4 is 17.4 Å². The Morgan fingerprint density at radius 3 is 2.17 bits per heavy atom. The number of hydrogen-bond donors (Lipinski definition) is 0. The van der Waals surface area contributed by atoms with Gasteiger partial charge in [-0.25, -0.2) is 0 Å². The highest BCUT2D eigenvalue weighted by atomic mass is 16.2. The van der Waals surface area contributed by atoms with Gasteiger partial charge in [0.25, 0.3) is 0 Å². The Bertz CT molecular complexity index is 1090. The number of aryl methyl sites for hydroxylation is 4. The van der Waals surface area contributed by atoms with Crippen molar-refractivity contribution in [2.75, 3.05) is 7.05 Å². The van der Waals surface area contributed by atoms with Crippen LogP contribution in [0.2, 0.25) is 0 Å². The number of rotatable bonds is 0. The highest BCUT2D eigenvalue weighted by Gasteiger charge is 2.51. The fraction of sp³-hybridized carbons (Fsp3) is 0.385. The number of carbonyl (C=O) groups excluding carboxylic acids is 2. The predicted octanol–water partition coefficient (Wildman–Crippen LogP) is 3.90. The Labute approximate surface area is 171 Å². The van der Waals surface area contributed by atoms with Gasteiger partial charge in [0.2, 0.25) is 11.8 Å². The van der Waals surface area contributed by atoms with E-state index in [-0.39, 0.29) is 23.7 Å². The van der Waals surface area contributed by atoms with Crippen molar-refractivity contribution in [2.24, 2.45) is 11.8 Å². The summed E-state index contributed by atoms with van der Waals surface area (Å²) in [6.07, 6.45) is 6.75. The summed E-state index contributed by atoms with van der Waals surface area (Å²) in [5.74, 6) is -0.317. The smallest absolute Gasteiger partial charge is 0.236 e. The van der Waals surface area contributed by atoms with E-state index in [1.54, 1.807) is 7.05 Å². The first-order chi connectivity index (χ1) is 14.1. The zero-order valence-corrected chi connectivity index (χ0v) is 16.8. The monoisotopic (exact) mass is 383 g/mol. The van der Waals surface area contributed by atoms with Gasteiger partial charge in [-0.1, -0.05) is 36.4 Å². The van der Waals surface area contributed by atoms with Crippen LogP contribution >= 0.6 is 0 Å². The fourth-order valence-electron chi connectivity index (χ4n) is 6.09. The van der Waals surface area contributed by atoms with E-state index in [0.717, 1.165) is 44.9 Å². The number of hydrogen-bond acceptors (Lipinski definition) is 2. The predicted molar refractivity (Wildman–Crippen MR) is 112 cm³/mol. The van der Waals surface area contributed by atoms with Crippen LogP contribution in [0.4, 0.5) is 0 Å². The number of carbonyl (C=O) groups is 2. The summed E-state index contributed by atoms with van der Waals surface area (Å²) in [5, 5.41) is 0. The topological polar surface area (TPSA) is 37.4 Å². The zero-order valence-electron chi connectivity index (χ0n) is 16.8. The van der Waals surface area contributed by atoms with Crippen LogP contribution < -0.4 is 0 Å². The second-order valence-corrected chi connectivity index (χ2v) is 9.09. The summed E-state index contributed by atoms with van der Waals surface area (Å²) in [5.41, 5.74) is 11.1. The average Bonchev–Trinajstić information content (AvgIpc) is 3.22. The summed E-state index contributed by atoms with van der Waals surface area (Å²) in [6.45, 7) is 0. The molecule has 0 aromatic heterocycles. The quantitative estimate of drug-likeness (QED) is 0.647. The summed E-state index contributed by atoms with van der Waals surface area (Å²) in [7, 11) is 1.65. The first kappa shape index (κ1) is 17.2. The van der Waals surface area contributed by atoms with E-state index in [1.807, 2.05) is 0 Å². The van der Waals surface area contributed by atoms with Crippen LogP contribution in [-0.4, -0.2) is 23.8 Å². The van der Waals surface area contributed by atoms with Gasteiger partial charge in [-0.2, -0.15) is 0 Å². The maximum atomic E-state index is 12.9. The molecule has 9 rings (SSSR count). The summed E-state index contributed by atoms with van der Waals surface area (Å²) >= 11 is 0. The molecule has 1 fully saturated rings. The minimum absolute atomic E-state index is 0.0126. The molecular formula is C26H25NO2. The van der Waals surface area contributed by atoms with Gasteiger partial charge in [0.05, 0.1) is 11.8 Å². The van der Waals surface area contributed by atoms with E-state index in [4.69, 9.17) is 0 Å². The van der Waals surface area contributed by atoms with Crippen LogP contribution in [0.3, 0.4) is 0 Å². The first-order valence-electron chi connectivity index (χ1n) is 10.9. The molecule has 0 spiro atoms. The number of allylic oxidation sites excluding steroid dienone is 1. The molecular weight excluding hydrogens is 358 g/mol. The molecule has 2 atom stereocenters. The van der Waals surface area contributed by atoms with Gasteiger partial charge in [-0.05, 0) is 89.5 Å². The van der Waals surface area contributed by atoms with Gasteiger partial charge in [0, 0.05) is 7.05 Å². The average molecular weight is 383 g/mol. The second kappa shape index (κ2) is 6.16. The van der Waals surface area contributed by atoms with Gasteiger partial charge in [0.15, 0.2) is 0 Å². The maximum Gasteiger partial charge on any atom is 0.236 e. The lowest BCUT2D eigenvalue weighted by molar-refractivity contribution is -0.138. The Morgan fingerprint density at radius 2 is 1.45 bits per heavy atom. The van der Waals surface area contributed by atoms with Crippen LogP contribution in [-0.2, 0) is 41.7 Å². The molecule has 0 radical (unpaired) electrons. The first-order valence-corrected chi connectivity index (χ1v) is 10.9. The molecule has 7 aliphatic rings. The SMILES string of the molecule is CN1C(=O)[C@@H]2C3=C(CC[C@@H]2C1=O)c1c2ccc(c1C3)CCc1ccc(cc1)CC2. The van der Waals surface area contributed by atoms with Gasteiger partial charge in [0.1, 0.15) is 0 Å². The minimum atomic E-state index is -0.219. The fourth-order valence-corrected chi connectivity index (χ4v) is 6.09. The Hall–Kier alpha value is -2.68. The number of benzene rings is 2. The lowest BCUT2D eigenvalue weighted by Crippen LogP contribution is -2.26. The Morgan fingerprint density at radius 1 is 0.793 bits per heavy atom. The summed E-state index contributed by atoms with van der Waals surface area (Å²) in [4.78, 5) is 26.9. The Kier molecular flexibility index (Phi) is 3.65. The second-order valence-electron chi connectivity index (χ2n) is 9.09.